The van der Waals surface area contributed by atoms with Crippen LogP contribution in [0.3, 0.4) is 0 Å². The van der Waals surface area contributed by atoms with Gasteiger partial charge >= 0.3 is 0 Å². The van der Waals surface area contributed by atoms with Gasteiger partial charge in [-0.25, -0.2) is 9.97 Å². The Balaban J connectivity index is 1.06. The summed E-state index contributed by atoms with van der Waals surface area (Å²) in [5, 5.41) is 8.65. The van der Waals surface area contributed by atoms with E-state index in [2.05, 4.69) is 25.2 Å². The number of anilines is 1. The average molecular weight is 527 g/mol. The van der Waals surface area contributed by atoms with Gasteiger partial charge in [0.25, 0.3) is 11.8 Å². The van der Waals surface area contributed by atoms with Gasteiger partial charge < -0.3 is 14.5 Å². The van der Waals surface area contributed by atoms with E-state index in [1.165, 1.54) is 11.2 Å². The lowest BCUT2D eigenvalue weighted by Gasteiger charge is -2.35. The fourth-order valence-corrected chi connectivity index (χ4v) is 5.04. The molecular weight excluding hydrogens is 500 g/mol. The number of ether oxygens (including phenoxy) is 1. The molecule has 0 atom stereocenters. The van der Waals surface area contributed by atoms with Crippen LogP contribution in [0.15, 0.2) is 54.9 Å². The zero-order chi connectivity index (χ0) is 26.9. The van der Waals surface area contributed by atoms with Gasteiger partial charge in [-0.1, -0.05) is 23.4 Å². The summed E-state index contributed by atoms with van der Waals surface area (Å²) in [7, 11) is 1.61. The highest BCUT2D eigenvalue weighted by Gasteiger charge is 2.34. The maximum atomic E-state index is 12.9. The Morgan fingerprint density at radius 2 is 1.69 bits per heavy atom. The summed E-state index contributed by atoms with van der Waals surface area (Å²) >= 11 is 0. The van der Waals surface area contributed by atoms with Gasteiger partial charge in [-0.15, -0.1) is 5.10 Å². The maximum absolute atomic E-state index is 12.9. The number of benzene rings is 2. The predicted octanol–water partition coefficient (Wildman–Crippen LogP) is 1.94. The summed E-state index contributed by atoms with van der Waals surface area (Å²) in [6.07, 6.45) is 2.18. The van der Waals surface area contributed by atoms with E-state index in [4.69, 9.17) is 4.74 Å². The number of piperazine rings is 1. The van der Waals surface area contributed by atoms with E-state index < -0.39 is 0 Å². The summed E-state index contributed by atoms with van der Waals surface area (Å²) < 4.78 is 6.97. The van der Waals surface area contributed by atoms with Crippen LogP contribution in [0.4, 0.5) is 5.82 Å². The van der Waals surface area contributed by atoms with E-state index in [1.54, 1.807) is 36.1 Å². The van der Waals surface area contributed by atoms with Crippen molar-refractivity contribution in [2.45, 2.75) is 12.8 Å². The topological polar surface area (TPSA) is 127 Å². The number of aromatic nitrogens is 5. The van der Waals surface area contributed by atoms with Gasteiger partial charge in [0, 0.05) is 45.2 Å². The Morgan fingerprint density at radius 1 is 0.949 bits per heavy atom. The van der Waals surface area contributed by atoms with Crippen molar-refractivity contribution in [1.29, 1.82) is 0 Å². The number of fused-ring (bicyclic) bond motifs is 2. The molecule has 4 aromatic rings. The molecule has 1 fully saturated rings. The molecule has 6 rings (SSSR count). The number of nitrogens with zero attached hydrogens (tertiary/aromatic N) is 8. The molecule has 0 radical (unpaired) electrons. The minimum Gasteiger partial charge on any atom is -0.497 e. The molecule has 12 heteroatoms. The van der Waals surface area contributed by atoms with Crippen molar-refractivity contribution in [3.63, 3.8) is 0 Å². The second-order valence-electron chi connectivity index (χ2n) is 9.35. The number of hydrogen-bond donors (Lipinski definition) is 0. The van der Waals surface area contributed by atoms with Crippen LogP contribution in [0.25, 0.3) is 16.9 Å². The summed E-state index contributed by atoms with van der Waals surface area (Å²) in [4.78, 5) is 51.9. The van der Waals surface area contributed by atoms with E-state index in [0.29, 0.717) is 66.5 Å². The first-order valence-electron chi connectivity index (χ1n) is 12.7. The summed E-state index contributed by atoms with van der Waals surface area (Å²) in [5.74, 6) is 0.789. The minimum absolute atomic E-state index is 0.00284. The van der Waals surface area contributed by atoms with Gasteiger partial charge in [-0.3, -0.25) is 19.3 Å². The fourth-order valence-electron chi connectivity index (χ4n) is 5.04. The molecule has 2 aliphatic heterocycles. The van der Waals surface area contributed by atoms with Crippen molar-refractivity contribution in [2.24, 2.45) is 0 Å². The molecule has 0 bridgehead atoms. The first-order chi connectivity index (χ1) is 19.0. The number of carbonyl (C=O) groups is 3. The lowest BCUT2D eigenvalue weighted by molar-refractivity contribution is -0.131. The molecule has 2 aromatic carbocycles. The third-order valence-electron chi connectivity index (χ3n) is 7.10. The minimum atomic E-state index is -0.295. The number of carbonyl (C=O) groups excluding carboxylic acids is 3. The van der Waals surface area contributed by atoms with Crippen molar-refractivity contribution in [3.8, 4) is 11.4 Å². The Bertz CT molecular complexity index is 1540. The molecule has 12 nitrogen and oxygen atoms in total. The Kier molecular flexibility index (Phi) is 6.35. The molecule has 3 amide bonds. The number of methoxy groups -OCH3 is 1. The molecular formula is C27H26N8O4. The van der Waals surface area contributed by atoms with Crippen molar-refractivity contribution in [2.75, 3.05) is 44.7 Å². The van der Waals surface area contributed by atoms with Crippen LogP contribution in [0.2, 0.25) is 0 Å². The SMILES string of the molecule is COc1cccc(-n2nnc3c(N4CCN(C(=O)CCCN5C(=O)c6ccccc6C5=O)CC4)ncnc32)c1. The van der Waals surface area contributed by atoms with Crippen LogP contribution in [0, 0.1) is 0 Å². The molecule has 0 unspecified atom stereocenters. The molecule has 0 saturated carbocycles. The van der Waals surface area contributed by atoms with E-state index in [0.717, 1.165) is 5.69 Å². The van der Waals surface area contributed by atoms with Gasteiger partial charge in [0.1, 0.15) is 12.1 Å². The van der Waals surface area contributed by atoms with Crippen molar-refractivity contribution >= 4 is 34.7 Å². The van der Waals surface area contributed by atoms with E-state index in [-0.39, 0.29) is 30.7 Å². The fraction of sp³-hybridized carbons (Fsp3) is 0.296. The zero-order valence-corrected chi connectivity index (χ0v) is 21.4. The van der Waals surface area contributed by atoms with E-state index in [1.807, 2.05) is 29.2 Å². The van der Waals surface area contributed by atoms with Gasteiger partial charge in [0.05, 0.1) is 23.9 Å². The lowest BCUT2D eigenvalue weighted by atomic mass is 10.1. The molecule has 2 aliphatic rings. The third-order valence-corrected chi connectivity index (χ3v) is 7.10. The molecule has 198 valence electrons. The predicted molar refractivity (Wildman–Crippen MR) is 141 cm³/mol. The standard InChI is InChI=1S/C27H26N8O4/c1-39-19-7-4-6-18(16-19)35-25-23(30-31-35)24(28-17-29-25)33-14-12-32(13-15-33)22(36)10-5-11-34-26(37)20-8-2-3-9-21(20)27(34)38/h2-4,6-9,16-17H,5,10-15H2,1H3. The summed E-state index contributed by atoms with van der Waals surface area (Å²) in [6.45, 7) is 2.45. The van der Waals surface area contributed by atoms with Gasteiger partial charge in [0.2, 0.25) is 5.91 Å². The highest BCUT2D eigenvalue weighted by atomic mass is 16.5. The van der Waals surface area contributed by atoms with E-state index in [9.17, 15) is 14.4 Å². The first kappa shape index (κ1) is 24.5. The molecule has 2 aromatic heterocycles. The van der Waals surface area contributed by atoms with Crippen LogP contribution in [0.5, 0.6) is 5.75 Å². The molecule has 4 heterocycles. The molecule has 0 spiro atoms. The average Bonchev–Trinajstić information content (AvgIpc) is 3.52. The van der Waals surface area contributed by atoms with Gasteiger partial charge in [-0.2, -0.15) is 4.68 Å². The lowest BCUT2D eigenvalue weighted by Crippen LogP contribution is -2.49. The summed E-state index contributed by atoms with van der Waals surface area (Å²) in [5.41, 5.74) is 2.79. The largest absolute Gasteiger partial charge is 0.497 e. The van der Waals surface area contributed by atoms with Crippen LogP contribution < -0.4 is 9.64 Å². The summed E-state index contributed by atoms with van der Waals surface area (Å²) in [6, 6.07) is 14.3. The quantitative estimate of drug-likeness (QED) is 0.332. The van der Waals surface area contributed by atoms with Crippen LogP contribution in [-0.2, 0) is 4.79 Å². The highest BCUT2D eigenvalue weighted by molar-refractivity contribution is 6.21. The second kappa shape index (κ2) is 10.1. The van der Waals surface area contributed by atoms with Gasteiger partial charge in [0.15, 0.2) is 17.0 Å². The van der Waals surface area contributed by atoms with Crippen LogP contribution >= 0.6 is 0 Å². The third kappa shape index (κ3) is 4.43. The zero-order valence-electron chi connectivity index (χ0n) is 21.4. The van der Waals surface area contributed by atoms with Crippen LogP contribution in [-0.4, -0.2) is 92.3 Å². The Hall–Kier alpha value is -4.87. The number of rotatable bonds is 7. The van der Waals surface area contributed by atoms with Crippen molar-refractivity contribution < 1.29 is 19.1 Å². The monoisotopic (exact) mass is 526 g/mol. The maximum Gasteiger partial charge on any atom is 0.261 e. The molecule has 1 saturated heterocycles. The normalized spacial score (nSPS) is 15.3. The van der Waals surface area contributed by atoms with Crippen molar-refractivity contribution in [3.05, 3.63) is 66.0 Å². The molecule has 39 heavy (non-hydrogen) atoms. The van der Waals surface area contributed by atoms with Gasteiger partial charge in [-0.05, 0) is 30.7 Å². The number of amides is 3. The highest BCUT2D eigenvalue weighted by Crippen LogP contribution is 2.26. The Labute approximate surface area is 223 Å². The van der Waals surface area contributed by atoms with Crippen molar-refractivity contribution in [1.82, 2.24) is 34.8 Å². The smallest absolute Gasteiger partial charge is 0.261 e. The second-order valence-corrected chi connectivity index (χ2v) is 9.35. The number of hydrogen-bond acceptors (Lipinski definition) is 9. The molecule has 0 N–H and O–H groups in total. The first-order valence-corrected chi connectivity index (χ1v) is 12.7. The van der Waals surface area contributed by atoms with Crippen LogP contribution in [0.1, 0.15) is 33.6 Å². The van der Waals surface area contributed by atoms with E-state index >= 15 is 0 Å². The number of imide groups is 1. The molecule has 0 aliphatic carbocycles. The Morgan fingerprint density at radius 3 is 2.41 bits per heavy atom.